The van der Waals surface area contributed by atoms with Crippen LogP contribution in [0.2, 0.25) is 0 Å². The number of hydrazine groups is 1. The van der Waals surface area contributed by atoms with Crippen molar-refractivity contribution in [2.75, 3.05) is 13.1 Å². The molecule has 0 aromatic heterocycles. The van der Waals surface area contributed by atoms with Crippen molar-refractivity contribution in [3.05, 3.63) is 0 Å². The van der Waals surface area contributed by atoms with Crippen LogP contribution in [-0.2, 0) is 9.57 Å². The van der Waals surface area contributed by atoms with E-state index in [1.807, 2.05) is 0 Å². The van der Waals surface area contributed by atoms with E-state index in [9.17, 15) is 9.59 Å². The van der Waals surface area contributed by atoms with Gasteiger partial charge in [-0.15, -0.1) is 0 Å². The first-order valence-corrected chi connectivity index (χ1v) is 7.25. The number of amides is 2. The Morgan fingerprint density at radius 2 is 1.67 bits per heavy atom. The van der Waals surface area contributed by atoms with E-state index in [0.717, 1.165) is 12.8 Å². The van der Waals surface area contributed by atoms with E-state index in [0.29, 0.717) is 24.7 Å². The van der Waals surface area contributed by atoms with Gasteiger partial charge in [0.15, 0.2) is 0 Å². The molecule has 2 amide bonds. The zero-order valence-electron chi connectivity index (χ0n) is 13.6. The second kappa shape index (κ2) is 6.51. The number of likely N-dealkylation sites (tertiary alicyclic amines) is 1. The number of hydrogen-bond acceptors (Lipinski definition) is 5. The monoisotopic (exact) mass is 301 g/mol. The van der Waals surface area contributed by atoms with Gasteiger partial charge in [0, 0.05) is 13.1 Å². The quantitative estimate of drug-likeness (QED) is 0.481. The van der Waals surface area contributed by atoms with E-state index >= 15 is 0 Å². The fourth-order valence-electron chi connectivity index (χ4n) is 2.67. The van der Waals surface area contributed by atoms with E-state index in [2.05, 4.69) is 20.8 Å². The SMILES string of the molecule is CC(C)(C)CC(C)(C)OC(=O)N(N)OC(=O)N1CCCC1. The maximum atomic E-state index is 11.9. The maximum absolute atomic E-state index is 11.9. The van der Waals surface area contributed by atoms with Crippen molar-refractivity contribution in [1.29, 1.82) is 0 Å². The molecule has 0 bridgehead atoms. The van der Waals surface area contributed by atoms with Crippen molar-refractivity contribution in [1.82, 2.24) is 10.1 Å². The molecule has 0 spiro atoms. The van der Waals surface area contributed by atoms with Gasteiger partial charge in [0.2, 0.25) is 0 Å². The summed E-state index contributed by atoms with van der Waals surface area (Å²) in [5, 5.41) is 0.366. The zero-order valence-corrected chi connectivity index (χ0v) is 13.6. The number of nitrogens with zero attached hydrogens (tertiary/aromatic N) is 2. The largest absolute Gasteiger partial charge is 0.459 e. The maximum Gasteiger partial charge on any atom is 0.459 e. The summed E-state index contributed by atoms with van der Waals surface area (Å²) in [7, 11) is 0. The molecule has 0 atom stereocenters. The molecule has 1 heterocycles. The molecule has 7 heteroatoms. The third-order valence-corrected chi connectivity index (χ3v) is 3.04. The van der Waals surface area contributed by atoms with Gasteiger partial charge in [-0.05, 0) is 38.5 Å². The Morgan fingerprint density at radius 1 is 1.14 bits per heavy atom. The summed E-state index contributed by atoms with van der Waals surface area (Å²) in [6.45, 7) is 11.0. The molecule has 1 aliphatic heterocycles. The van der Waals surface area contributed by atoms with Crippen LogP contribution in [-0.4, -0.2) is 40.9 Å². The smallest absolute Gasteiger partial charge is 0.440 e. The molecule has 0 saturated carbocycles. The second-order valence-corrected chi connectivity index (χ2v) is 7.24. The summed E-state index contributed by atoms with van der Waals surface area (Å²) in [4.78, 5) is 29.9. The molecule has 7 nitrogen and oxygen atoms in total. The Kier molecular flexibility index (Phi) is 5.44. The van der Waals surface area contributed by atoms with Gasteiger partial charge in [0.05, 0.1) is 0 Å². The Morgan fingerprint density at radius 3 is 2.14 bits per heavy atom. The number of carbonyl (C=O) groups excluding carboxylic acids is 2. The van der Waals surface area contributed by atoms with Crippen LogP contribution in [0.15, 0.2) is 0 Å². The zero-order chi connectivity index (χ0) is 16.3. The summed E-state index contributed by atoms with van der Waals surface area (Å²) in [6, 6.07) is 0. The molecule has 0 aromatic carbocycles. The molecule has 1 fully saturated rings. The van der Waals surface area contributed by atoms with E-state index in [1.165, 1.54) is 4.90 Å². The number of rotatable bonds is 2. The van der Waals surface area contributed by atoms with Gasteiger partial charge in [0.1, 0.15) is 5.60 Å². The molecule has 21 heavy (non-hydrogen) atoms. The fourth-order valence-corrected chi connectivity index (χ4v) is 2.67. The topological polar surface area (TPSA) is 85.1 Å². The minimum atomic E-state index is -0.878. The highest BCUT2D eigenvalue weighted by Crippen LogP contribution is 2.29. The van der Waals surface area contributed by atoms with Crippen molar-refractivity contribution in [2.45, 2.75) is 59.5 Å². The average molecular weight is 301 g/mol. The molecule has 0 unspecified atom stereocenters. The van der Waals surface area contributed by atoms with Crippen molar-refractivity contribution < 1.29 is 19.2 Å². The molecule has 0 aromatic rings. The highest BCUT2D eigenvalue weighted by Gasteiger charge is 2.32. The first-order valence-electron chi connectivity index (χ1n) is 7.25. The number of carbonyl (C=O) groups is 2. The van der Waals surface area contributed by atoms with Crippen molar-refractivity contribution in [3.63, 3.8) is 0 Å². The molecule has 1 rings (SSSR count). The lowest BCUT2D eigenvalue weighted by atomic mass is 9.84. The third kappa shape index (κ3) is 6.20. The molecule has 2 N–H and O–H groups in total. The van der Waals surface area contributed by atoms with E-state index in [4.69, 9.17) is 15.4 Å². The Bertz CT molecular complexity index is 384. The van der Waals surface area contributed by atoms with E-state index in [1.54, 1.807) is 13.8 Å². The molecular formula is C14H27N3O4. The van der Waals surface area contributed by atoms with Crippen LogP contribution in [0.5, 0.6) is 0 Å². The summed E-state index contributed by atoms with van der Waals surface area (Å²) >= 11 is 0. The highest BCUT2D eigenvalue weighted by molar-refractivity contribution is 5.72. The lowest BCUT2D eigenvalue weighted by Crippen LogP contribution is -2.46. The molecule has 0 aliphatic carbocycles. The van der Waals surface area contributed by atoms with Gasteiger partial charge in [-0.25, -0.2) is 15.4 Å². The number of ether oxygens (including phenoxy) is 1. The summed E-state index contributed by atoms with van der Waals surface area (Å²) in [5.74, 6) is 5.45. The molecule has 122 valence electrons. The van der Waals surface area contributed by atoms with Gasteiger partial charge in [-0.3, -0.25) is 4.84 Å². The molecule has 0 radical (unpaired) electrons. The summed E-state index contributed by atoms with van der Waals surface area (Å²) in [6.07, 6.45) is 1.02. The lowest BCUT2D eigenvalue weighted by molar-refractivity contribution is -0.117. The molecule has 1 saturated heterocycles. The summed E-state index contributed by atoms with van der Waals surface area (Å²) < 4.78 is 5.31. The normalized spacial score (nSPS) is 15.8. The fraction of sp³-hybridized carbons (Fsp3) is 0.857. The van der Waals surface area contributed by atoms with E-state index in [-0.39, 0.29) is 5.41 Å². The standard InChI is InChI=1S/C14H27N3O4/c1-13(2,3)10-14(4,5)20-12(19)17(15)21-11(18)16-8-6-7-9-16/h6-10,15H2,1-5H3. The summed E-state index contributed by atoms with van der Waals surface area (Å²) in [5.41, 5.74) is -0.706. The van der Waals surface area contributed by atoms with Gasteiger partial charge in [-0.1, -0.05) is 25.9 Å². The van der Waals surface area contributed by atoms with Crippen molar-refractivity contribution in [3.8, 4) is 0 Å². The average Bonchev–Trinajstić information content (AvgIpc) is 2.77. The van der Waals surface area contributed by atoms with E-state index < -0.39 is 17.8 Å². The number of hydroxylamine groups is 1. The lowest BCUT2D eigenvalue weighted by Gasteiger charge is -2.32. The van der Waals surface area contributed by atoms with Crippen LogP contribution in [0.4, 0.5) is 9.59 Å². The molecule has 1 aliphatic rings. The Hall–Kier alpha value is -1.50. The first-order chi connectivity index (χ1) is 9.50. The minimum absolute atomic E-state index is 0.00453. The van der Waals surface area contributed by atoms with Crippen molar-refractivity contribution in [2.24, 2.45) is 11.3 Å². The van der Waals surface area contributed by atoms with Crippen LogP contribution < -0.4 is 5.84 Å². The Balaban J connectivity index is 2.48. The predicted molar refractivity (Wildman–Crippen MR) is 77.9 cm³/mol. The van der Waals surface area contributed by atoms with Crippen LogP contribution in [0.1, 0.15) is 53.9 Å². The number of hydrogen-bond donors (Lipinski definition) is 1. The van der Waals surface area contributed by atoms with Gasteiger partial charge in [0.25, 0.3) is 0 Å². The molecular weight excluding hydrogens is 274 g/mol. The minimum Gasteiger partial charge on any atom is -0.440 e. The van der Waals surface area contributed by atoms with Crippen LogP contribution in [0.25, 0.3) is 0 Å². The van der Waals surface area contributed by atoms with Gasteiger partial charge < -0.3 is 9.64 Å². The first kappa shape index (κ1) is 17.6. The van der Waals surface area contributed by atoms with Crippen LogP contribution >= 0.6 is 0 Å². The Labute approximate surface area is 126 Å². The number of nitrogens with two attached hydrogens (primary N) is 1. The van der Waals surface area contributed by atoms with Crippen LogP contribution in [0.3, 0.4) is 0 Å². The highest BCUT2D eigenvalue weighted by atomic mass is 16.8. The van der Waals surface area contributed by atoms with Gasteiger partial charge >= 0.3 is 12.2 Å². The van der Waals surface area contributed by atoms with Crippen LogP contribution in [0, 0.1) is 5.41 Å². The van der Waals surface area contributed by atoms with Gasteiger partial charge in [-0.2, -0.15) is 0 Å². The third-order valence-electron chi connectivity index (χ3n) is 3.04. The van der Waals surface area contributed by atoms with Crippen molar-refractivity contribution >= 4 is 12.2 Å². The second-order valence-electron chi connectivity index (χ2n) is 7.24. The predicted octanol–water partition coefficient (Wildman–Crippen LogP) is 2.66.